The second-order valence-corrected chi connectivity index (χ2v) is 5.09. The number of aromatic nitrogens is 2. The van der Waals surface area contributed by atoms with E-state index in [1.165, 1.54) is 29.2 Å². The van der Waals surface area contributed by atoms with E-state index in [0.29, 0.717) is 5.13 Å². The molecule has 0 aromatic carbocycles. The van der Waals surface area contributed by atoms with Crippen molar-refractivity contribution < 1.29 is 4.79 Å². The molecule has 17 heavy (non-hydrogen) atoms. The number of carbonyl (C=O) groups is 1. The van der Waals surface area contributed by atoms with E-state index in [1.807, 2.05) is 13.0 Å². The smallest absolute Gasteiger partial charge is 0.250 e. The van der Waals surface area contributed by atoms with E-state index in [-0.39, 0.29) is 5.91 Å². The molecule has 1 aromatic heterocycles. The van der Waals surface area contributed by atoms with Gasteiger partial charge in [0.1, 0.15) is 0 Å². The predicted molar refractivity (Wildman–Crippen MR) is 73.4 cm³/mol. The topological polar surface area (TPSA) is 54.9 Å². The molecular weight excluding hydrogens is 254 g/mol. The first-order valence-corrected chi connectivity index (χ1v) is 6.74. The standard InChI is InChI=1S/C11H13N3OS2/c1-3-5-6-7-9(15)12-10-13-14-11(17-10)16-8-4-2/h3-7H,2,8H2,1H3,(H,12,13,15)/b5-3+,7-6+. The molecule has 0 atom stereocenters. The monoisotopic (exact) mass is 267 g/mol. The van der Waals surface area contributed by atoms with Gasteiger partial charge < -0.3 is 0 Å². The quantitative estimate of drug-likeness (QED) is 0.283. The number of allylic oxidation sites excluding steroid dienone is 3. The molecule has 0 aliphatic heterocycles. The van der Waals surface area contributed by atoms with Gasteiger partial charge >= 0.3 is 0 Å². The largest absolute Gasteiger partial charge is 0.297 e. The molecule has 1 heterocycles. The Morgan fingerprint density at radius 2 is 2.35 bits per heavy atom. The number of hydrogen-bond acceptors (Lipinski definition) is 5. The van der Waals surface area contributed by atoms with Gasteiger partial charge in [0.05, 0.1) is 0 Å². The molecule has 90 valence electrons. The van der Waals surface area contributed by atoms with Crippen molar-refractivity contribution in [2.45, 2.75) is 11.3 Å². The van der Waals surface area contributed by atoms with Crippen molar-refractivity contribution >= 4 is 34.1 Å². The maximum atomic E-state index is 11.4. The summed E-state index contributed by atoms with van der Waals surface area (Å²) in [4.78, 5) is 11.4. The van der Waals surface area contributed by atoms with Gasteiger partial charge in [0.25, 0.3) is 0 Å². The Morgan fingerprint density at radius 1 is 1.53 bits per heavy atom. The van der Waals surface area contributed by atoms with Crippen LogP contribution in [0.2, 0.25) is 0 Å². The van der Waals surface area contributed by atoms with E-state index < -0.39 is 0 Å². The van der Waals surface area contributed by atoms with Gasteiger partial charge in [-0.05, 0) is 6.92 Å². The van der Waals surface area contributed by atoms with Crippen LogP contribution in [0.15, 0.2) is 41.3 Å². The van der Waals surface area contributed by atoms with Gasteiger partial charge in [-0.1, -0.05) is 47.4 Å². The lowest BCUT2D eigenvalue weighted by molar-refractivity contribution is -0.111. The summed E-state index contributed by atoms with van der Waals surface area (Å²) >= 11 is 2.89. The molecule has 0 spiro atoms. The van der Waals surface area contributed by atoms with Crippen molar-refractivity contribution in [3.05, 3.63) is 37.0 Å². The first kappa shape index (κ1) is 13.7. The number of thioether (sulfide) groups is 1. The zero-order valence-corrected chi connectivity index (χ0v) is 11.1. The van der Waals surface area contributed by atoms with Gasteiger partial charge in [-0.3, -0.25) is 10.1 Å². The third-order valence-corrected chi connectivity index (χ3v) is 3.48. The Bertz CT molecular complexity index is 438. The summed E-state index contributed by atoms with van der Waals surface area (Å²) in [5.74, 6) is 0.573. The van der Waals surface area contributed by atoms with Crippen molar-refractivity contribution in [3.8, 4) is 0 Å². The van der Waals surface area contributed by atoms with Crippen LogP contribution in [-0.4, -0.2) is 21.9 Å². The van der Waals surface area contributed by atoms with Gasteiger partial charge in [0, 0.05) is 11.8 Å². The second-order valence-electron chi connectivity index (χ2n) is 2.85. The summed E-state index contributed by atoms with van der Waals surface area (Å²) < 4.78 is 0.817. The predicted octanol–water partition coefficient (Wildman–Crippen LogP) is 2.89. The minimum Gasteiger partial charge on any atom is -0.297 e. The molecular formula is C11H13N3OS2. The summed E-state index contributed by atoms with van der Waals surface area (Å²) in [7, 11) is 0. The Hall–Kier alpha value is -1.40. The molecule has 0 fully saturated rings. The van der Waals surface area contributed by atoms with Crippen LogP contribution in [0.4, 0.5) is 5.13 Å². The van der Waals surface area contributed by atoms with Crippen molar-refractivity contribution in [3.63, 3.8) is 0 Å². The number of nitrogens with one attached hydrogen (secondary N) is 1. The maximum Gasteiger partial charge on any atom is 0.250 e. The van der Waals surface area contributed by atoms with Gasteiger partial charge in [-0.15, -0.1) is 16.8 Å². The van der Waals surface area contributed by atoms with Crippen LogP contribution < -0.4 is 5.32 Å². The molecule has 0 aliphatic carbocycles. The summed E-state index contributed by atoms with van der Waals surface area (Å²) in [6.45, 7) is 5.51. The lowest BCUT2D eigenvalue weighted by atomic mass is 10.4. The van der Waals surface area contributed by atoms with Crippen LogP contribution in [0, 0.1) is 0 Å². The molecule has 0 bridgehead atoms. The molecule has 1 N–H and O–H groups in total. The second kappa shape index (κ2) is 7.81. The fourth-order valence-corrected chi connectivity index (χ4v) is 2.37. The highest BCUT2D eigenvalue weighted by molar-refractivity contribution is 8.01. The van der Waals surface area contributed by atoms with Crippen molar-refractivity contribution in [1.82, 2.24) is 10.2 Å². The summed E-state index contributed by atoms with van der Waals surface area (Å²) in [6.07, 6.45) is 8.54. The normalized spacial score (nSPS) is 11.1. The van der Waals surface area contributed by atoms with E-state index in [0.717, 1.165) is 10.1 Å². The van der Waals surface area contributed by atoms with Gasteiger partial charge in [0.15, 0.2) is 4.34 Å². The van der Waals surface area contributed by atoms with Crippen molar-refractivity contribution in [1.29, 1.82) is 0 Å². The number of rotatable bonds is 6. The Labute approximate surface area is 109 Å². The molecule has 1 amide bonds. The lowest BCUT2D eigenvalue weighted by Crippen LogP contribution is -2.07. The highest BCUT2D eigenvalue weighted by Crippen LogP contribution is 2.25. The van der Waals surface area contributed by atoms with E-state index in [9.17, 15) is 4.79 Å². The third-order valence-electron chi connectivity index (χ3n) is 1.51. The number of anilines is 1. The Morgan fingerprint density at radius 3 is 3.06 bits per heavy atom. The number of amides is 1. The van der Waals surface area contributed by atoms with Crippen LogP contribution in [0.25, 0.3) is 0 Å². The Kier molecular flexibility index (Phi) is 6.27. The van der Waals surface area contributed by atoms with Gasteiger partial charge in [-0.2, -0.15) is 0 Å². The zero-order valence-electron chi connectivity index (χ0n) is 9.42. The highest BCUT2D eigenvalue weighted by atomic mass is 32.2. The van der Waals surface area contributed by atoms with Gasteiger partial charge in [0.2, 0.25) is 11.0 Å². The number of nitrogens with zero attached hydrogens (tertiary/aromatic N) is 2. The van der Waals surface area contributed by atoms with Crippen LogP contribution in [0.1, 0.15) is 6.92 Å². The van der Waals surface area contributed by atoms with Gasteiger partial charge in [-0.25, -0.2) is 0 Å². The minimum absolute atomic E-state index is 0.209. The lowest BCUT2D eigenvalue weighted by Gasteiger charge is -1.92. The maximum absolute atomic E-state index is 11.4. The molecule has 0 saturated carbocycles. The van der Waals surface area contributed by atoms with Crippen molar-refractivity contribution in [2.24, 2.45) is 0 Å². The minimum atomic E-state index is -0.209. The van der Waals surface area contributed by atoms with Crippen molar-refractivity contribution in [2.75, 3.05) is 11.1 Å². The molecule has 6 heteroatoms. The molecule has 0 aliphatic rings. The summed E-state index contributed by atoms with van der Waals surface area (Å²) in [5, 5.41) is 11.0. The summed E-state index contributed by atoms with van der Waals surface area (Å²) in [5.41, 5.74) is 0. The molecule has 1 aromatic rings. The van der Waals surface area contributed by atoms with E-state index in [2.05, 4.69) is 22.1 Å². The molecule has 1 rings (SSSR count). The molecule has 0 radical (unpaired) electrons. The highest BCUT2D eigenvalue weighted by Gasteiger charge is 2.05. The Balaban J connectivity index is 2.48. The SMILES string of the molecule is C=CCSc1nnc(NC(=O)/C=C/C=C/C)s1. The average Bonchev–Trinajstić information content (AvgIpc) is 2.74. The zero-order chi connectivity index (χ0) is 12.5. The molecule has 0 saturated heterocycles. The fourth-order valence-electron chi connectivity index (χ4n) is 0.850. The third kappa shape index (κ3) is 5.46. The average molecular weight is 267 g/mol. The van der Waals surface area contributed by atoms with Crippen LogP contribution in [0.3, 0.4) is 0 Å². The first-order chi connectivity index (χ1) is 8.26. The first-order valence-electron chi connectivity index (χ1n) is 4.93. The summed E-state index contributed by atoms with van der Waals surface area (Å²) in [6, 6.07) is 0. The fraction of sp³-hybridized carbons (Fsp3) is 0.182. The van der Waals surface area contributed by atoms with Crippen LogP contribution in [-0.2, 0) is 4.79 Å². The van der Waals surface area contributed by atoms with Crippen LogP contribution >= 0.6 is 23.1 Å². The van der Waals surface area contributed by atoms with Crippen LogP contribution in [0.5, 0.6) is 0 Å². The molecule has 0 unspecified atom stereocenters. The number of hydrogen-bond donors (Lipinski definition) is 1. The van der Waals surface area contributed by atoms with E-state index in [4.69, 9.17) is 0 Å². The number of carbonyl (C=O) groups excluding carboxylic acids is 1. The molecule has 4 nitrogen and oxygen atoms in total. The van der Waals surface area contributed by atoms with E-state index in [1.54, 1.807) is 18.2 Å². The van der Waals surface area contributed by atoms with E-state index >= 15 is 0 Å².